The van der Waals surface area contributed by atoms with Crippen molar-refractivity contribution in [2.75, 3.05) is 24.2 Å². The summed E-state index contributed by atoms with van der Waals surface area (Å²) >= 11 is 5.86. The van der Waals surface area contributed by atoms with Crippen molar-refractivity contribution in [2.24, 2.45) is 5.92 Å². The zero-order chi connectivity index (χ0) is 19.7. The van der Waals surface area contributed by atoms with Gasteiger partial charge in [-0.15, -0.1) is 0 Å². The molecule has 2 aromatic rings. The molecule has 0 saturated carbocycles. The van der Waals surface area contributed by atoms with Gasteiger partial charge in [0.05, 0.1) is 22.3 Å². The van der Waals surface area contributed by atoms with Gasteiger partial charge in [-0.25, -0.2) is 18.4 Å². The van der Waals surface area contributed by atoms with Gasteiger partial charge in [-0.2, -0.15) is 0 Å². The number of hydrogen-bond donors (Lipinski definition) is 0. The van der Waals surface area contributed by atoms with Gasteiger partial charge in [0, 0.05) is 31.3 Å². The number of rotatable bonds is 4. The van der Waals surface area contributed by atoms with Gasteiger partial charge >= 0.3 is 0 Å². The van der Waals surface area contributed by atoms with Crippen LogP contribution in [0.4, 0.5) is 5.95 Å². The van der Waals surface area contributed by atoms with E-state index in [1.165, 1.54) is 6.26 Å². The van der Waals surface area contributed by atoms with E-state index < -0.39 is 9.84 Å². The number of nitrogens with zero attached hydrogens (tertiary/aromatic N) is 3. The maximum absolute atomic E-state index is 11.6. The summed E-state index contributed by atoms with van der Waals surface area (Å²) < 4.78 is 29.4. The highest BCUT2D eigenvalue weighted by molar-refractivity contribution is 7.90. The molecule has 0 aliphatic carbocycles. The summed E-state index contributed by atoms with van der Waals surface area (Å²) in [4.78, 5) is 11.1. The highest BCUT2D eigenvalue weighted by Crippen LogP contribution is 2.35. The van der Waals surface area contributed by atoms with Crippen LogP contribution in [0.15, 0.2) is 47.6 Å². The molecule has 1 atom stereocenters. The molecule has 1 fully saturated rings. The Balaban J connectivity index is 1.34. The van der Waals surface area contributed by atoms with Gasteiger partial charge < -0.3 is 9.64 Å². The molecule has 28 heavy (non-hydrogen) atoms. The minimum atomic E-state index is -3.18. The topological polar surface area (TPSA) is 72.4 Å². The van der Waals surface area contributed by atoms with Crippen LogP contribution in [-0.2, 0) is 14.6 Å². The average molecular weight is 420 g/mol. The standard InChI is InChI=1S/C20H22ClN3O3S/c1-28(25,26)17-4-2-14(3-5-17)18-6-7-19(27-18)15-8-10-24(11-9-15)20-22-12-16(21)13-23-20/h2-6,12-13,15,19H,7-11H2,1H3/t19-/m0/s1. The van der Waals surface area contributed by atoms with Crippen LogP contribution < -0.4 is 4.90 Å². The lowest BCUT2D eigenvalue weighted by Gasteiger charge is -2.34. The summed E-state index contributed by atoms with van der Waals surface area (Å²) in [6, 6.07) is 6.88. The Kier molecular flexibility index (Phi) is 5.29. The first-order valence-electron chi connectivity index (χ1n) is 9.30. The van der Waals surface area contributed by atoms with Crippen molar-refractivity contribution in [3.05, 3.63) is 53.3 Å². The van der Waals surface area contributed by atoms with Crippen molar-refractivity contribution >= 4 is 33.1 Å². The zero-order valence-corrected chi connectivity index (χ0v) is 17.2. The number of halogens is 1. The molecule has 0 radical (unpaired) electrons. The van der Waals surface area contributed by atoms with Gasteiger partial charge in [-0.05, 0) is 49.1 Å². The predicted molar refractivity (Wildman–Crippen MR) is 109 cm³/mol. The third kappa shape index (κ3) is 4.15. The van der Waals surface area contributed by atoms with Gasteiger partial charge in [0.2, 0.25) is 5.95 Å². The molecule has 0 spiro atoms. The van der Waals surface area contributed by atoms with Crippen molar-refractivity contribution in [3.8, 4) is 0 Å². The van der Waals surface area contributed by atoms with Gasteiger partial charge in [0.1, 0.15) is 11.9 Å². The molecule has 1 aromatic carbocycles. The monoisotopic (exact) mass is 419 g/mol. The predicted octanol–water partition coefficient (Wildman–Crippen LogP) is 3.58. The van der Waals surface area contributed by atoms with E-state index in [0.717, 1.165) is 49.6 Å². The lowest BCUT2D eigenvalue weighted by atomic mass is 9.90. The number of sulfone groups is 1. The van der Waals surface area contributed by atoms with Crippen LogP contribution in [-0.4, -0.2) is 43.8 Å². The summed E-state index contributed by atoms with van der Waals surface area (Å²) in [5.41, 5.74) is 0.918. The number of aromatic nitrogens is 2. The quantitative estimate of drug-likeness (QED) is 0.754. The molecule has 3 heterocycles. The lowest BCUT2D eigenvalue weighted by molar-refractivity contribution is 0.108. The van der Waals surface area contributed by atoms with E-state index in [9.17, 15) is 8.42 Å². The summed E-state index contributed by atoms with van der Waals surface area (Å²) in [5, 5.41) is 0.543. The normalized spacial score (nSPS) is 20.7. The molecule has 0 amide bonds. The molecule has 0 N–H and O–H groups in total. The SMILES string of the molecule is CS(=O)(=O)c1ccc(C2=CC[C@@H](C3CCN(c4ncc(Cl)cn4)CC3)O2)cc1. The first-order chi connectivity index (χ1) is 13.4. The Morgan fingerprint density at radius 1 is 1.11 bits per heavy atom. The molecule has 0 bridgehead atoms. The van der Waals surface area contributed by atoms with Crippen LogP contribution in [0.5, 0.6) is 0 Å². The summed E-state index contributed by atoms with van der Waals surface area (Å²) in [6.45, 7) is 1.79. The molecular weight excluding hydrogens is 398 g/mol. The number of ether oxygens (including phenoxy) is 1. The Labute approximate surface area is 170 Å². The smallest absolute Gasteiger partial charge is 0.225 e. The van der Waals surface area contributed by atoms with E-state index in [1.807, 2.05) is 12.1 Å². The minimum Gasteiger partial charge on any atom is -0.490 e. The van der Waals surface area contributed by atoms with Gasteiger partial charge in [0.25, 0.3) is 0 Å². The molecule has 2 aliphatic heterocycles. The second-order valence-corrected chi connectivity index (χ2v) is 9.73. The maximum Gasteiger partial charge on any atom is 0.225 e. The Morgan fingerprint density at radius 2 is 1.75 bits per heavy atom. The van der Waals surface area contributed by atoms with E-state index in [4.69, 9.17) is 16.3 Å². The highest BCUT2D eigenvalue weighted by atomic mass is 35.5. The molecule has 2 aliphatic rings. The summed E-state index contributed by atoms with van der Waals surface area (Å²) in [6.07, 6.45) is 9.65. The van der Waals surface area contributed by atoms with E-state index in [0.29, 0.717) is 15.8 Å². The van der Waals surface area contributed by atoms with E-state index in [-0.39, 0.29) is 6.10 Å². The number of benzene rings is 1. The fourth-order valence-electron chi connectivity index (χ4n) is 3.76. The maximum atomic E-state index is 11.6. The molecule has 4 rings (SSSR count). The third-order valence-electron chi connectivity index (χ3n) is 5.34. The van der Waals surface area contributed by atoms with Crippen LogP contribution >= 0.6 is 11.6 Å². The molecule has 148 valence electrons. The summed E-state index contributed by atoms with van der Waals surface area (Å²) in [7, 11) is -3.18. The van der Waals surface area contributed by atoms with Crippen LogP contribution in [0.25, 0.3) is 5.76 Å². The molecule has 1 saturated heterocycles. The first-order valence-corrected chi connectivity index (χ1v) is 11.6. The Bertz CT molecular complexity index is 967. The fourth-order valence-corrected chi connectivity index (χ4v) is 4.49. The van der Waals surface area contributed by atoms with Crippen molar-refractivity contribution in [2.45, 2.75) is 30.3 Å². The van der Waals surface area contributed by atoms with Crippen molar-refractivity contribution in [1.82, 2.24) is 9.97 Å². The van der Waals surface area contributed by atoms with Gasteiger partial charge in [0.15, 0.2) is 9.84 Å². The van der Waals surface area contributed by atoms with Crippen LogP contribution in [0.1, 0.15) is 24.8 Å². The number of hydrogen-bond acceptors (Lipinski definition) is 6. The fraction of sp³-hybridized carbons (Fsp3) is 0.400. The van der Waals surface area contributed by atoms with E-state index in [1.54, 1.807) is 24.5 Å². The van der Waals surface area contributed by atoms with Crippen molar-refractivity contribution in [1.29, 1.82) is 0 Å². The van der Waals surface area contributed by atoms with E-state index in [2.05, 4.69) is 20.9 Å². The second kappa shape index (κ2) is 7.72. The lowest BCUT2D eigenvalue weighted by Crippen LogP contribution is -2.38. The second-order valence-electron chi connectivity index (χ2n) is 7.28. The highest BCUT2D eigenvalue weighted by Gasteiger charge is 2.31. The Hall–Kier alpha value is -2.12. The zero-order valence-electron chi connectivity index (χ0n) is 15.6. The minimum absolute atomic E-state index is 0.165. The summed E-state index contributed by atoms with van der Waals surface area (Å²) in [5.74, 6) is 2.04. The van der Waals surface area contributed by atoms with E-state index >= 15 is 0 Å². The van der Waals surface area contributed by atoms with Crippen LogP contribution in [0.2, 0.25) is 5.02 Å². The number of anilines is 1. The third-order valence-corrected chi connectivity index (χ3v) is 6.66. The van der Waals surface area contributed by atoms with Gasteiger partial charge in [-0.1, -0.05) is 11.6 Å². The largest absolute Gasteiger partial charge is 0.490 e. The average Bonchev–Trinajstić information content (AvgIpc) is 3.18. The Morgan fingerprint density at radius 3 is 2.36 bits per heavy atom. The van der Waals surface area contributed by atoms with Crippen molar-refractivity contribution < 1.29 is 13.2 Å². The first kappa shape index (κ1) is 19.2. The molecule has 6 nitrogen and oxygen atoms in total. The number of piperidine rings is 1. The van der Waals surface area contributed by atoms with Gasteiger partial charge in [-0.3, -0.25) is 0 Å². The molecule has 1 aromatic heterocycles. The molecule has 8 heteroatoms. The van der Waals surface area contributed by atoms with Crippen LogP contribution in [0, 0.1) is 5.92 Å². The van der Waals surface area contributed by atoms with Crippen LogP contribution in [0.3, 0.4) is 0 Å². The van der Waals surface area contributed by atoms with Crippen molar-refractivity contribution in [3.63, 3.8) is 0 Å². The molecular formula is C20H22ClN3O3S. The molecule has 0 unspecified atom stereocenters.